The van der Waals surface area contributed by atoms with Crippen LogP contribution in [-0.4, -0.2) is 47.5 Å². The summed E-state index contributed by atoms with van der Waals surface area (Å²) in [4.78, 5) is 21.0. The molecule has 2 N–H and O–H groups in total. The van der Waals surface area contributed by atoms with Crippen molar-refractivity contribution in [3.8, 4) is 0 Å². The second kappa shape index (κ2) is 9.47. The van der Waals surface area contributed by atoms with Crippen molar-refractivity contribution in [2.45, 2.75) is 37.6 Å². The van der Waals surface area contributed by atoms with Crippen molar-refractivity contribution >= 4 is 59.7 Å². The SMILES string of the molecule is Cl.Cl.NC1(C(=O)N2CCN(c3ncc(Cl)cc3Cl)CC2)CCCCC1. The van der Waals surface area contributed by atoms with E-state index >= 15 is 0 Å². The van der Waals surface area contributed by atoms with E-state index in [0.717, 1.165) is 31.5 Å². The van der Waals surface area contributed by atoms with Gasteiger partial charge in [-0.2, -0.15) is 0 Å². The zero-order chi connectivity index (χ0) is 16.4. The van der Waals surface area contributed by atoms with Crippen LogP contribution >= 0.6 is 48.0 Å². The highest BCUT2D eigenvalue weighted by Gasteiger charge is 2.39. The van der Waals surface area contributed by atoms with Gasteiger partial charge in [-0.05, 0) is 18.9 Å². The van der Waals surface area contributed by atoms with Gasteiger partial charge in [0, 0.05) is 32.4 Å². The lowest BCUT2D eigenvalue weighted by atomic mass is 9.81. The molecule has 25 heavy (non-hydrogen) atoms. The van der Waals surface area contributed by atoms with Crippen LogP contribution in [0.1, 0.15) is 32.1 Å². The minimum absolute atomic E-state index is 0. The third-order valence-corrected chi connectivity index (χ3v) is 5.31. The lowest BCUT2D eigenvalue weighted by molar-refractivity contribution is -0.138. The number of carbonyl (C=O) groups is 1. The van der Waals surface area contributed by atoms with Crippen LogP contribution in [0.5, 0.6) is 0 Å². The molecule has 0 unspecified atom stereocenters. The van der Waals surface area contributed by atoms with Crippen LogP contribution in [0, 0.1) is 0 Å². The number of nitrogens with zero attached hydrogens (tertiary/aromatic N) is 3. The Balaban J connectivity index is 0.00000156. The van der Waals surface area contributed by atoms with Crippen LogP contribution in [0.25, 0.3) is 0 Å². The molecule has 1 aromatic rings. The fourth-order valence-corrected chi connectivity index (χ4v) is 3.97. The predicted octanol–water partition coefficient (Wildman–Crippen LogP) is 3.54. The minimum Gasteiger partial charge on any atom is -0.352 e. The maximum absolute atomic E-state index is 12.8. The lowest BCUT2D eigenvalue weighted by Gasteiger charge is -2.41. The molecule has 0 aromatic carbocycles. The second-order valence-electron chi connectivity index (χ2n) is 6.46. The Labute approximate surface area is 171 Å². The van der Waals surface area contributed by atoms with Crippen LogP contribution in [0.15, 0.2) is 12.3 Å². The normalized spacial score (nSPS) is 19.6. The summed E-state index contributed by atoms with van der Waals surface area (Å²) in [7, 11) is 0. The molecular weight excluding hydrogens is 406 g/mol. The maximum atomic E-state index is 12.8. The molecule has 1 aromatic heterocycles. The second-order valence-corrected chi connectivity index (χ2v) is 7.30. The summed E-state index contributed by atoms with van der Waals surface area (Å²) >= 11 is 12.1. The van der Waals surface area contributed by atoms with E-state index in [0.29, 0.717) is 36.2 Å². The number of amides is 1. The van der Waals surface area contributed by atoms with Gasteiger partial charge >= 0.3 is 0 Å². The standard InChI is InChI=1S/C16H22Cl2N4O.2ClH/c17-12-10-13(18)14(20-11-12)21-6-8-22(9-7-21)15(23)16(19)4-2-1-3-5-16;;/h10-11H,1-9,19H2;2*1H. The summed E-state index contributed by atoms with van der Waals surface area (Å²) < 4.78 is 0. The number of aromatic nitrogens is 1. The van der Waals surface area contributed by atoms with Crippen LogP contribution < -0.4 is 10.6 Å². The molecule has 2 heterocycles. The van der Waals surface area contributed by atoms with E-state index in [-0.39, 0.29) is 30.7 Å². The minimum atomic E-state index is -0.656. The van der Waals surface area contributed by atoms with Gasteiger partial charge in [-0.15, -0.1) is 24.8 Å². The Kier molecular flexibility index (Phi) is 8.55. The van der Waals surface area contributed by atoms with Crippen molar-refractivity contribution in [1.29, 1.82) is 0 Å². The Hall–Kier alpha value is -0.460. The van der Waals surface area contributed by atoms with Gasteiger partial charge in [-0.3, -0.25) is 4.79 Å². The van der Waals surface area contributed by atoms with Gasteiger partial charge in [0.1, 0.15) is 5.82 Å². The molecule has 2 fully saturated rings. The highest BCUT2D eigenvalue weighted by Crippen LogP contribution is 2.30. The number of halogens is 4. The highest BCUT2D eigenvalue weighted by atomic mass is 35.5. The first-order valence-corrected chi connectivity index (χ1v) is 8.89. The first kappa shape index (κ1) is 22.6. The summed E-state index contributed by atoms with van der Waals surface area (Å²) in [6, 6.07) is 1.69. The van der Waals surface area contributed by atoms with Crippen molar-refractivity contribution < 1.29 is 4.79 Å². The highest BCUT2D eigenvalue weighted by molar-refractivity contribution is 6.36. The predicted molar refractivity (Wildman–Crippen MR) is 108 cm³/mol. The van der Waals surface area contributed by atoms with E-state index < -0.39 is 5.54 Å². The maximum Gasteiger partial charge on any atom is 0.242 e. The van der Waals surface area contributed by atoms with Crippen LogP contribution in [0.3, 0.4) is 0 Å². The number of hydrogen-bond acceptors (Lipinski definition) is 4. The average molecular weight is 430 g/mol. The van der Waals surface area contributed by atoms with Crippen molar-refractivity contribution in [2.75, 3.05) is 31.1 Å². The van der Waals surface area contributed by atoms with Crippen molar-refractivity contribution in [1.82, 2.24) is 9.88 Å². The van der Waals surface area contributed by atoms with E-state index in [2.05, 4.69) is 9.88 Å². The smallest absolute Gasteiger partial charge is 0.242 e. The zero-order valence-corrected chi connectivity index (χ0v) is 17.1. The molecule has 1 amide bonds. The first-order valence-electron chi connectivity index (χ1n) is 8.14. The van der Waals surface area contributed by atoms with E-state index in [4.69, 9.17) is 28.9 Å². The van der Waals surface area contributed by atoms with Crippen LogP contribution in [-0.2, 0) is 4.79 Å². The van der Waals surface area contributed by atoms with E-state index in [1.54, 1.807) is 12.3 Å². The fourth-order valence-electron chi connectivity index (χ4n) is 3.47. The quantitative estimate of drug-likeness (QED) is 0.780. The number of hydrogen-bond donors (Lipinski definition) is 1. The molecule has 2 aliphatic rings. The number of nitrogens with two attached hydrogens (primary N) is 1. The van der Waals surface area contributed by atoms with E-state index in [1.807, 2.05) is 4.90 Å². The molecule has 1 saturated heterocycles. The van der Waals surface area contributed by atoms with E-state index in [9.17, 15) is 4.79 Å². The van der Waals surface area contributed by atoms with Crippen molar-refractivity contribution in [3.05, 3.63) is 22.3 Å². The molecule has 5 nitrogen and oxygen atoms in total. The molecule has 0 radical (unpaired) electrons. The molecule has 1 aliphatic heterocycles. The van der Waals surface area contributed by atoms with Gasteiger partial charge in [-0.1, -0.05) is 42.5 Å². The molecule has 142 valence electrons. The third-order valence-electron chi connectivity index (χ3n) is 4.83. The van der Waals surface area contributed by atoms with Gasteiger partial charge in [0.25, 0.3) is 0 Å². The molecule has 1 aliphatic carbocycles. The van der Waals surface area contributed by atoms with Crippen molar-refractivity contribution in [2.24, 2.45) is 5.73 Å². The molecule has 9 heteroatoms. The molecule has 1 saturated carbocycles. The third kappa shape index (κ3) is 5.04. The van der Waals surface area contributed by atoms with E-state index in [1.165, 1.54) is 6.42 Å². The Morgan fingerprint density at radius 1 is 1.08 bits per heavy atom. The van der Waals surface area contributed by atoms with Crippen molar-refractivity contribution in [3.63, 3.8) is 0 Å². The fraction of sp³-hybridized carbons (Fsp3) is 0.625. The van der Waals surface area contributed by atoms with Crippen LogP contribution in [0.4, 0.5) is 5.82 Å². The summed E-state index contributed by atoms with van der Waals surface area (Å²) in [6.45, 7) is 2.71. The average Bonchev–Trinajstić information content (AvgIpc) is 2.55. The number of piperazine rings is 1. The van der Waals surface area contributed by atoms with Gasteiger partial charge in [0.15, 0.2) is 0 Å². The number of pyridine rings is 1. The Morgan fingerprint density at radius 3 is 2.24 bits per heavy atom. The van der Waals surface area contributed by atoms with Gasteiger partial charge < -0.3 is 15.5 Å². The molecule has 0 spiro atoms. The molecule has 0 bridgehead atoms. The summed E-state index contributed by atoms with van der Waals surface area (Å²) in [6.07, 6.45) is 6.48. The molecule has 3 rings (SSSR count). The monoisotopic (exact) mass is 428 g/mol. The summed E-state index contributed by atoms with van der Waals surface area (Å²) in [5, 5.41) is 1.06. The summed E-state index contributed by atoms with van der Waals surface area (Å²) in [5.41, 5.74) is 5.71. The number of anilines is 1. The number of carbonyl (C=O) groups excluding carboxylic acids is 1. The lowest BCUT2D eigenvalue weighted by Crippen LogP contribution is -2.60. The largest absolute Gasteiger partial charge is 0.352 e. The van der Waals surface area contributed by atoms with Gasteiger partial charge in [0.2, 0.25) is 5.91 Å². The molecular formula is C16H24Cl4N4O. The summed E-state index contributed by atoms with van der Waals surface area (Å²) in [5.74, 6) is 0.829. The van der Waals surface area contributed by atoms with Gasteiger partial charge in [0.05, 0.1) is 15.6 Å². The Bertz CT molecular complexity index is 587. The topological polar surface area (TPSA) is 62.5 Å². The first-order chi connectivity index (χ1) is 11.0. The Morgan fingerprint density at radius 2 is 1.68 bits per heavy atom. The number of rotatable bonds is 2. The molecule has 0 atom stereocenters. The zero-order valence-electron chi connectivity index (χ0n) is 13.9. The van der Waals surface area contributed by atoms with Gasteiger partial charge in [-0.25, -0.2) is 4.98 Å². The van der Waals surface area contributed by atoms with Crippen LogP contribution in [0.2, 0.25) is 10.0 Å².